The van der Waals surface area contributed by atoms with Gasteiger partial charge in [0.15, 0.2) is 9.84 Å². The molecule has 0 N–H and O–H groups in total. The standard InChI is InChI=1S/C21H30O2S2/c1-15(2)25(22,23)14-18-6-4-17(5-7-18)8-9-19-10-11-20-12-13-24-21(20)16(19)3/h10-13,15,17-18H,4-9,14H2,1-3H3. The van der Waals surface area contributed by atoms with Gasteiger partial charge in [0.1, 0.15) is 0 Å². The molecule has 1 saturated carbocycles. The molecule has 0 unspecified atom stereocenters. The Hall–Kier alpha value is -0.870. The summed E-state index contributed by atoms with van der Waals surface area (Å²) in [6.07, 6.45) is 6.94. The third-order valence-corrected chi connectivity index (χ3v) is 9.38. The highest BCUT2D eigenvalue weighted by Crippen LogP contribution is 2.34. The lowest BCUT2D eigenvalue weighted by molar-refractivity contribution is 0.278. The molecule has 0 saturated heterocycles. The quantitative estimate of drug-likeness (QED) is 0.639. The first-order chi connectivity index (χ1) is 11.9. The Kier molecular flexibility index (Phi) is 5.89. The van der Waals surface area contributed by atoms with Crippen molar-refractivity contribution in [1.29, 1.82) is 0 Å². The van der Waals surface area contributed by atoms with Gasteiger partial charge in [-0.1, -0.05) is 25.0 Å². The lowest BCUT2D eigenvalue weighted by Gasteiger charge is -2.29. The van der Waals surface area contributed by atoms with E-state index < -0.39 is 9.84 Å². The van der Waals surface area contributed by atoms with Crippen molar-refractivity contribution < 1.29 is 8.42 Å². The van der Waals surface area contributed by atoms with Gasteiger partial charge in [0, 0.05) is 4.70 Å². The van der Waals surface area contributed by atoms with Crippen LogP contribution in [0.1, 0.15) is 57.1 Å². The predicted octanol–water partition coefficient (Wildman–Crippen LogP) is 5.77. The van der Waals surface area contributed by atoms with Crippen LogP contribution in [0.25, 0.3) is 10.1 Å². The molecular weight excluding hydrogens is 348 g/mol. The number of sulfone groups is 1. The number of benzene rings is 1. The van der Waals surface area contributed by atoms with Crippen LogP contribution in [0.4, 0.5) is 0 Å². The van der Waals surface area contributed by atoms with Crippen molar-refractivity contribution in [2.24, 2.45) is 11.8 Å². The average Bonchev–Trinajstić information content (AvgIpc) is 3.05. The van der Waals surface area contributed by atoms with Crippen molar-refractivity contribution in [3.8, 4) is 0 Å². The van der Waals surface area contributed by atoms with Crippen molar-refractivity contribution in [2.75, 3.05) is 5.75 Å². The van der Waals surface area contributed by atoms with Crippen molar-refractivity contribution >= 4 is 31.3 Å². The van der Waals surface area contributed by atoms with Gasteiger partial charge in [0.25, 0.3) is 0 Å². The van der Waals surface area contributed by atoms with Crippen molar-refractivity contribution in [3.63, 3.8) is 0 Å². The highest BCUT2D eigenvalue weighted by atomic mass is 32.2. The van der Waals surface area contributed by atoms with E-state index in [1.807, 2.05) is 11.3 Å². The van der Waals surface area contributed by atoms with Crippen LogP contribution in [-0.2, 0) is 16.3 Å². The van der Waals surface area contributed by atoms with Gasteiger partial charge >= 0.3 is 0 Å². The van der Waals surface area contributed by atoms with E-state index in [-0.39, 0.29) is 5.25 Å². The largest absolute Gasteiger partial charge is 0.229 e. The molecule has 2 nitrogen and oxygen atoms in total. The summed E-state index contributed by atoms with van der Waals surface area (Å²) in [4.78, 5) is 0. The van der Waals surface area contributed by atoms with Gasteiger partial charge in [-0.2, -0.15) is 0 Å². The zero-order valence-electron chi connectivity index (χ0n) is 15.6. The molecule has 1 fully saturated rings. The van der Waals surface area contributed by atoms with Gasteiger partial charge in [-0.15, -0.1) is 11.3 Å². The number of hydrogen-bond acceptors (Lipinski definition) is 3. The van der Waals surface area contributed by atoms with E-state index in [1.165, 1.54) is 40.5 Å². The summed E-state index contributed by atoms with van der Waals surface area (Å²) in [6.45, 7) is 5.85. The summed E-state index contributed by atoms with van der Waals surface area (Å²) in [5, 5.41) is 3.30. The molecule has 25 heavy (non-hydrogen) atoms. The van der Waals surface area contributed by atoms with Crippen LogP contribution in [0.15, 0.2) is 23.6 Å². The maximum atomic E-state index is 12.1. The first-order valence-corrected chi connectivity index (χ1v) is 12.1. The fourth-order valence-corrected chi connectivity index (χ4v) is 6.36. The molecule has 138 valence electrons. The predicted molar refractivity (Wildman–Crippen MR) is 109 cm³/mol. The fourth-order valence-electron chi connectivity index (χ4n) is 4.05. The minimum atomic E-state index is -2.89. The number of hydrogen-bond donors (Lipinski definition) is 0. The highest BCUT2D eigenvalue weighted by Gasteiger charge is 2.27. The van der Waals surface area contributed by atoms with Crippen LogP contribution in [0.5, 0.6) is 0 Å². The number of rotatable bonds is 6. The van der Waals surface area contributed by atoms with E-state index in [2.05, 4.69) is 30.5 Å². The van der Waals surface area contributed by atoms with Gasteiger partial charge in [0.2, 0.25) is 0 Å². The van der Waals surface area contributed by atoms with Crippen LogP contribution in [0.3, 0.4) is 0 Å². The summed E-state index contributed by atoms with van der Waals surface area (Å²) in [6, 6.07) is 6.75. The second-order valence-corrected chi connectivity index (χ2v) is 11.5. The molecule has 0 spiro atoms. The normalized spacial score (nSPS) is 21.9. The molecule has 1 aromatic heterocycles. The first kappa shape index (κ1) is 18.9. The monoisotopic (exact) mass is 378 g/mol. The van der Waals surface area contributed by atoms with Gasteiger partial charge in [0.05, 0.1) is 11.0 Å². The van der Waals surface area contributed by atoms with Crippen molar-refractivity contribution in [3.05, 3.63) is 34.7 Å². The molecule has 0 atom stereocenters. The van der Waals surface area contributed by atoms with E-state index in [0.29, 0.717) is 11.7 Å². The summed E-state index contributed by atoms with van der Waals surface area (Å²) >= 11 is 1.84. The van der Waals surface area contributed by atoms with Crippen LogP contribution >= 0.6 is 11.3 Å². The van der Waals surface area contributed by atoms with Crippen LogP contribution in [0, 0.1) is 18.8 Å². The second kappa shape index (κ2) is 7.79. The van der Waals surface area contributed by atoms with E-state index in [4.69, 9.17) is 0 Å². The van der Waals surface area contributed by atoms with E-state index in [9.17, 15) is 8.42 Å². The summed E-state index contributed by atoms with van der Waals surface area (Å²) < 4.78 is 25.7. The molecule has 0 bridgehead atoms. The van der Waals surface area contributed by atoms with Gasteiger partial charge in [-0.05, 0) is 86.2 Å². The van der Waals surface area contributed by atoms with Gasteiger partial charge in [-0.3, -0.25) is 0 Å². The maximum absolute atomic E-state index is 12.1. The van der Waals surface area contributed by atoms with E-state index >= 15 is 0 Å². The third-order valence-electron chi connectivity index (χ3n) is 5.96. The Labute approximate surface area is 156 Å². The van der Waals surface area contributed by atoms with Crippen LogP contribution in [-0.4, -0.2) is 19.4 Å². The molecule has 0 amide bonds. The Balaban J connectivity index is 1.51. The molecule has 3 rings (SSSR count). The molecule has 4 heteroatoms. The Morgan fingerprint density at radius 2 is 1.76 bits per heavy atom. The fraction of sp³-hybridized carbons (Fsp3) is 0.619. The summed E-state index contributed by atoms with van der Waals surface area (Å²) in [5.41, 5.74) is 2.93. The minimum Gasteiger partial charge on any atom is -0.229 e. The number of aryl methyl sites for hydroxylation is 2. The average molecular weight is 379 g/mol. The molecule has 0 aliphatic heterocycles. The summed E-state index contributed by atoms with van der Waals surface area (Å²) in [5.74, 6) is 1.54. The van der Waals surface area contributed by atoms with Crippen LogP contribution in [0.2, 0.25) is 0 Å². The molecule has 1 aromatic carbocycles. The molecule has 1 heterocycles. The minimum absolute atomic E-state index is 0.236. The van der Waals surface area contributed by atoms with E-state index in [1.54, 1.807) is 13.8 Å². The lowest BCUT2D eigenvalue weighted by Crippen LogP contribution is -2.26. The third kappa shape index (κ3) is 4.46. The maximum Gasteiger partial charge on any atom is 0.152 e. The molecule has 1 aliphatic carbocycles. The Morgan fingerprint density at radius 1 is 1.08 bits per heavy atom. The molecular formula is C21H30O2S2. The molecule has 1 aliphatic rings. The first-order valence-electron chi connectivity index (χ1n) is 9.54. The second-order valence-electron chi connectivity index (χ2n) is 7.99. The number of thiophene rings is 1. The van der Waals surface area contributed by atoms with Crippen molar-refractivity contribution in [2.45, 2.75) is 64.5 Å². The van der Waals surface area contributed by atoms with Gasteiger partial charge in [-0.25, -0.2) is 8.42 Å². The molecule has 0 radical (unpaired) electrons. The van der Waals surface area contributed by atoms with E-state index in [0.717, 1.165) is 25.2 Å². The number of fused-ring (bicyclic) bond motifs is 1. The topological polar surface area (TPSA) is 34.1 Å². The molecule has 2 aromatic rings. The Morgan fingerprint density at radius 3 is 2.44 bits per heavy atom. The zero-order valence-corrected chi connectivity index (χ0v) is 17.3. The summed E-state index contributed by atoms with van der Waals surface area (Å²) in [7, 11) is -2.89. The smallest absolute Gasteiger partial charge is 0.152 e. The SMILES string of the molecule is Cc1c(CCC2CCC(CS(=O)(=O)C(C)C)CC2)ccc2ccsc12. The highest BCUT2D eigenvalue weighted by molar-refractivity contribution is 7.91. The van der Waals surface area contributed by atoms with Crippen molar-refractivity contribution in [1.82, 2.24) is 0 Å². The van der Waals surface area contributed by atoms with Gasteiger partial charge < -0.3 is 0 Å². The lowest BCUT2D eigenvalue weighted by atomic mass is 9.80. The zero-order chi connectivity index (χ0) is 18.0. The van der Waals surface area contributed by atoms with Crippen LogP contribution < -0.4 is 0 Å². The Bertz CT molecular complexity index is 810.